The molecule has 1 N–H and O–H groups in total. The molecule has 2 aromatic carbocycles. The van der Waals surface area contributed by atoms with E-state index in [0.29, 0.717) is 5.13 Å². The summed E-state index contributed by atoms with van der Waals surface area (Å²) in [4.78, 5) is 14.8. The van der Waals surface area contributed by atoms with Gasteiger partial charge in [0, 0.05) is 23.1 Å². The number of nitro groups is 1. The third-order valence-corrected chi connectivity index (χ3v) is 4.41. The molecule has 0 saturated carbocycles. The number of benzene rings is 2. The topological polar surface area (TPSA) is 80.4 Å². The summed E-state index contributed by atoms with van der Waals surface area (Å²) in [6, 6.07) is 14.5. The Hall–Kier alpha value is -3.06. The maximum Gasteiger partial charge on any atom is 0.269 e. The van der Waals surface area contributed by atoms with E-state index in [4.69, 9.17) is 0 Å². The molecule has 126 valence electrons. The lowest BCUT2D eigenvalue weighted by atomic mass is 10.1. The van der Waals surface area contributed by atoms with Crippen molar-refractivity contribution in [3.05, 3.63) is 75.2 Å². The molecular formula is C18H16N4O2S. The molecule has 3 rings (SSSR count). The van der Waals surface area contributed by atoms with Crippen molar-refractivity contribution < 1.29 is 4.92 Å². The van der Waals surface area contributed by atoms with Gasteiger partial charge in [0.2, 0.25) is 5.13 Å². The molecule has 0 atom stereocenters. The summed E-state index contributed by atoms with van der Waals surface area (Å²) in [5, 5.41) is 17.7. The molecule has 0 aliphatic rings. The number of nitrogens with zero attached hydrogens (tertiary/aromatic N) is 3. The van der Waals surface area contributed by atoms with Gasteiger partial charge in [0.1, 0.15) is 0 Å². The molecule has 6 nitrogen and oxygen atoms in total. The van der Waals surface area contributed by atoms with Crippen LogP contribution >= 0.6 is 11.3 Å². The van der Waals surface area contributed by atoms with Crippen LogP contribution in [0.1, 0.15) is 18.1 Å². The van der Waals surface area contributed by atoms with Gasteiger partial charge in [-0.1, -0.05) is 29.8 Å². The van der Waals surface area contributed by atoms with Crippen LogP contribution in [0.4, 0.5) is 10.8 Å². The van der Waals surface area contributed by atoms with Gasteiger partial charge in [-0.05, 0) is 31.5 Å². The lowest BCUT2D eigenvalue weighted by Crippen LogP contribution is -2.00. The molecule has 0 aliphatic carbocycles. The molecule has 0 spiro atoms. The van der Waals surface area contributed by atoms with Gasteiger partial charge in [0.05, 0.1) is 16.3 Å². The van der Waals surface area contributed by atoms with Crippen molar-refractivity contribution in [2.45, 2.75) is 13.8 Å². The number of hydrogen-bond acceptors (Lipinski definition) is 6. The van der Waals surface area contributed by atoms with Gasteiger partial charge in [-0.15, -0.1) is 11.3 Å². The summed E-state index contributed by atoms with van der Waals surface area (Å²) in [6.45, 7) is 3.89. The van der Waals surface area contributed by atoms with Crippen LogP contribution in [-0.2, 0) is 0 Å². The fourth-order valence-electron chi connectivity index (χ4n) is 2.20. The second kappa shape index (κ2) is 7.23. The Morgan fingerprint density at radius 1 is 1.16 bits per heavy atom. The van der Waals surface area contributed by atoms with Gasteiger partial charge in [-0.25, -0.2) is 4.98 Å². The van der Waals surface area contributed by atoms with E-state index in [-0.39, 0.29) is 5.69 Å². The standard InChI is InChI=1S/C18H16N4O2S/c1-12-3-5-15(6-4-12)17-11-25-18(19-17)21-20-13(2)14-7-9-16(10-8-14)22(23)24/h3-11H,1-2H3,(H,19,21)/b20-13-. The van der Waals surface area contributed by atoms with E-state index in [2.05, 4.69) is 27.6 Å². The molecule has 0 bridgehead atoms. The van der Waals surface area contributed by atoms with Crippen molar-refractivity contribution in [3.63, 3.8) is 0 Å². The van der Waals surface area contributed by atoms with Crippen molar-refractivity contribution in [2.75, 3.05) is 5.43 Å². The van der Waals surface area contributed by atoms with Gasteiger partial charge in [-0.2, -0.15) is 5.10 Å². The van der Waals surface area contributed by atoms with Crippen molar-refractivity contribution >= 4 is 27.9 Å². The van der Waals surface area contributed by atoms with Crippen molar-refractivity contribution in [1.82, 2.24) is 4.98 Å². The van der Waals surface area contributed by atoms with Gasteiger partial charge in [0.15, 0.2) is 0 Å². The first-order valence-corrected chi connectivity index (χ1v) is 8.48. The average Bonchev–Trinajstić information content (AvgIpc) is 3.09. The minimum absolute atomic E-state index is 0.0622. The molecule has 1 heterocycles. The zero-order valence-electron chi connectivity index (χ0n) is 13.8. The van der Waals surface area contributed by atoms with E-state index in [9.17, 15) is 10.1 Å². The number of non-ortho nitro benzene ring substituents is 1. The fourth-order valence-corrected chi connectivity index (χ4v) is 2.86. The van der Waals surface area contributed by atoms with Gasteiger partial charge >= 0.3 is 0 Å². The van der Waals surface area contributed by atoms with Crippen LogP contribution < -0.4 is 5.43 Å². The Morgan fingerprint density at radius 2 is 1.84 bits per heavy atom. The van der Waals surface area contributed by atoms with Gasteiger partial charge < -0.3 is 0 Å². The Balaban J connectivity index is 1.71. The second-order valence-electron chi connectivity index (χ2n) is 5.52. The summed E-state index contributed by atoms with van der Waals surface area (Å²) in [6.07, 6.45) is 0. The number of rotatable bonds is 5. The SMILES string of the molecule is C/C(=N/Nc1nc(-c2ccc(C)cc2)cs1)c1ccc([N+](=O)[O-])cc1. The number of anilines is 1. The number of hydrogen-bond donors (Lipinski definition) is 1. The monoisotopic (exact) mass is 352 g/mol. The maximum absolute atomic E-state index is 10.7. The molecule has 25 heavy (non-hydrogen) atoms. The predicted octanol–water partition coefficient (Wildman–Crippen LogP) is 4.86. The highest BCUT2D eigenvalue weighted by Crippen LogP contribution is 2.25. The largest absolute Gasteiger partial charge is 0.269 e. The summed E-state index contributed by atoms with van der Waals surface area (Å²) in [5.74, 6) is 0. The molecule has 0 amide bonds. The van der Waals surface area contributed by atoms with Crippen molar-refractivity contribution in [2.24, 2.45) is 5.10 Å². The number of nitro benzene ring substituents is 1. The summed E-state index contributed by atoms with van der Waals surface area (Å²) < 4.78 is 0. The summed E-state index contributed by atoms with van der Waals surface area (Å²) in [7, 11) is 0. The van der Waals surface area contributed by atoms with E-state index in [1.165, 1.54) is 29.0 Å². The smallest absolute Gasteiger partial charge is 0.258 e. The van der Waals surface area contributed by atoms with Crippen LogP contribution in [0.25, 0.3) is 11.3 Å². The number of hydrazone groups is 1. The highest BCUT2D eigenvalue weighted by atomic mass is 32.1. The van der Waals surface area contributed by atoms with E-state index in [1.54, 1.807) is 12.1 Å². The quantitative estimate of drug-likeness (QED) is 0.404. The average molecular weight is 352 g/mol. The fraction of sp³-hybridized carbons (Fsp3) is 0.111. The molecule has 7 heteroatoms. The molecule has 0 radical (unpaired) electrons. The van der Waals surface area contributed by atoms with Crippen LogP contribution in [0.15, 0.2) is 59.0 Å². The van der Waals surface area contributed by atoms with E-state index in [0.717, 1.165) is 22.5 Å². The Kier molecular flexibility index (Phi) is 4.85. The van der Waals surface area contributed by atoms with E-state index in [1.807, 2.05) is 31.4 Å². The Labute approximate surface area is 149 Å². The minimum atomic E-state index is -0.420. The molecule has 0 fully saturated rings. The lowest BCUT2D eigenvalue weighted by Gasteiger charge is -2.01. The minimum Gasteiger partial charge on any atom is -0.258 e. The zero-order valence-corrected chi connectivity index (χ0v) is 14.6. The lowest BCUT2D eigenvalue weighted by molar-refractivity contribution is -0.384. The third kappa shape index (κ3) is 4.07. The zero-order chi connectivity index (χ0) is 17.8. The van der Waals surface area contributed by atoms with E-state index < -0.39 is 4.92 Å². The first-order valence-electron chi connectivity index (χ1n) is 7.60. The predicted molar refractivity (Wildman–Crippen MR) is 101 cm³/mol. The Bertz CT molecular complexity index is 915. The number of thiazole rings is 1. The number of aryl methyl sites for hydroxylation is 1. The van der Waals surface area contributed by atoms with Crippen molar-refractivity contribution in [3.8, 4) is 11.3 Å². The Morgan fingerprint density at radius 3 is 2.48 bits per heavy atom. The molecule has 0 aliphatic heterocycles. The molecule has 0 unspecified atom stereocenters. The van der Waals surface area contributed by atoms with Gasteiger partial charge in [0.25, 0.3) is 5.69 Å². The first-order chi connectivity index (χ1) is 12.0. The maximum atomic E-state index is 10.7. The normalized spacial score (nSPS) is 11.4. The molecular weight excluding hydrogens is 336 g/mol. The van der Waals surface area contributed by atoms with Crippen LogP contribution in [0.3, 0.4) is 0 Å². The molecule has 3 aromatic rings. The van der Waals surface area contributed by atoms with Crippen LogP contribution in [-0.4, -0.2) is 15.6 Å². The third-order valence-electron chi connectivity index (χ3n) is 3.67. The highest BCUT2D eigenvalue weighted by Gasteiger charge is 2.06. The van der Waals surface area contributed by atoms with Crippen LogP contribution in [0.2, 0.25) is 0 Å². The van der Waals surface area contributed by atoms with Crippen LogP contribution in [0.5, 0.6) is 0 Å². The number of nitrogens with one attached hydrogen (secondary N) is 1. The van der Waals surface area contributed by atoms with E-state index >= 15 is 0 Å². The highest BCUT2D eigenvalue weighted by molar-refractivity contribution is 7.14. The first kappa shape index (κ1) is 16.8. The van der Waals surface area contributed by atoms with Gasteiger partial charge in [-0.3, -0.25) is 15.5 Å². The number of aromatic nitrogens is 1. The molecule has 0 saturated heterocycles. The van der Waals surface area contributed by atoms with Crippen molar-refractivity contribution in [1.29, 1.82) is 0 Å². The molecule has 1 aromatic heterocycles. The summed E-state index contributed by atoms with van der Waals surface area (Å²) >= 11 is 1.47. The van der Waals surface area contributed by atoms with Crippen LogP contribution in [0, 0.1) is 17.0 Å². The summed E-state index contributed by atoms with van der Waals surface area (Å²) in [5.41, 5.74) is 7.71. The second-order valence-corrected chi connectivity index (χ2v) is 6.38.